The number of rotatable bonds is 1. The molecular formula is C13H20Si. The molecule has 14 heavy (non-hydrogen) atoms. The molecule has 1 aliphatic rings. The van der Waals surface area contributed by atoms with Gasteiger partial charge >= 0.3 is 0 Å². The minimum Gasteiger partial charge on any atom is -0.118 e. The molecule has 1 fully saturated rings. The van der Waals surface area contributed by atoms with Crippen LogP contribution in [0.5, 0.6) is 0 Å². The molecule has 76 valence electrons. The molecule has 0 unspecified atom stereocenters. The van der Waals surface area contributed by atoms with E-state index in [0.29, 0.717) is 0 Å². The smallest absolute Gasteiger partial charge is 0.118 e. The first-order valence-electron chi connectivity index (χ1n) is 5.58. The number of hydrogen-bond acceptors (Lipinski definition) is 0. The SMILES string of the molecule is C[Si](C)(C)C#CC#CCC1CCCC1. The summed E-state index contributed by atoms with van der Waals surface area (Å²) in [6, 6.07) is 0. The maximum atomic E-state index is 3.26. The molecule has 1 rings (SSSR count). The van der Waals surface area contributed by atoms with E-state index in [-0.39, 0.29) is 0 Å². The average Bonchev–Trinajstić information content (AvgIpc) is 2.54. The molecule has 0 heterocycles. The van der Waals surface area contributed by atoms with Crippen LogP contribution in [0.1, 0.15) is 32.1 Å². The lowest BCUT2D eigenvalue weighted by atomic mass is 10.1. The molecule has 0 aromatic carbocycles. The fourth-order valence-corrected chi connectivity index (χ4v) is 2.11. The number of hydrogen-bond donors (Lipinski definition) is 0. The normalized spacial score (nSPS) is 16.8. The van der Waals surface area contributed by atoms with Crippen molar-refractivity contribution in [2.24, 2.45) is 5.92 Å². The van der Waals surface area contributed by atoms with E-state index in [1.807, 2.05) is 0 Å². The van der Waals surface area contributed by atoms with Gasteiger partial charge in [0.2, 0.25) is 0 Å². The summed E-state index contributed by atoms with van der Waals surface area (Å²) < 4.78 is 0. The third-order valence-corrected chi connectivity index (χ3v) is 3.33. The summed E-state index contributed by atoms with van der Waals surface area (Å²) in [6.45, 7) is 6.75. The molecule has 1 aliphatic carbocycles. The summed E-state index contributed by atoms with van der Waals surface area (Å²) in [5.41, 5.74) is 3.26. The lowest BCUT2D eigenvalue weighted by Crippen LogP contribution is -2.16. The van der Waals surface area contributed by atoms with Crippen molar-refractivity contribution in [2.45, 2.75) is 51.7 Å². The highest BCUT2D eigenvalue weighted by molar-refractivity contribution is 6.83. The van der Waals surface area contributed by atoms with Crippen molar-refractivity contribution in [1.82, 2.24) is 0 Å². The van der Waals surface area contributed by atoms with E-state index in [1.54, 1.807) is 0 Å². The van der Waals surface area contributed by atoms with Gasteiger partial charge in [0.1, 0.15) is 8.07 Å². The lowest BCUT2D eigenvalue weighted by molar-refractivity contribution is 0.567. The van der Waals surface area contributed by atoms with Gasteiger partial charge < -0.3 is 0 Å². The highest BCUT2D eigenvalue weighted by Gasteiger charge is 2.12. The monoisotopic (exact) mass is 204 g/mol. The highest BCUT2D eigenvalue weighted by Crippen LogP contribution is 2.26. The van der Waals surface area contributed by atoms with Crippen molar-refractivity contribution in [3.05, 3.63) is 0 Å². The maximum Gasteiger partial charge on any atom is 0.130 e. The average molecular weight is 204 g/mol. The fraction of sp³-hybridized carbons (Fsp3) is 0.692. The molecule has 0 bridgehead atoms. The molecule has 0 atom stereocenters. The van der Waals surface area contributed by atoms with Gasteiger partial charge in [0.15, 0.2) is 0 Å². The van der Waals surface area contributed by atoms with Crippen molar-refractivity contribution in [3.63, 3.8) is 0 Å². The van der Waals surface area contributed by atoms with Gasteiger partial charge in [0.25, 0.3) is 0 Å². The van der Waals surface area contributed by atoms with Crippen LogP contribution in [0.15, 0.2) is 0 Å². The Morgan fingerprint density at radius 2 is 1.71 bits per heavy atom. The Morgan fingerprint density at radius 1 is 1.07 bits per heavy atom. The molecule has 0 aliphatic heterocycles. The fourth-order valence-electron chi connectivity index (χ4n) is 1.67. The molecule has 0 saturated heterocycles. The van der Waals surface area contributed by atoms with Gasteiger partial charge in [-0.05, 0) is 30.6 Å². The molecule has 0 radical (unpaired) electrons. The van der Waals surface area contributed by atoms with E-state index in [1.165, 1.54) is 25.7 Å². The van der Waals surface area contributed by atoms with Crippen LogP contribution >= 0.6 is 0 Å². The molecule has 1 heteroatoms. The van der Waals surface area contributed by atoms with Crippen molar-refractivity contribution in [2.75, 3.05) is 0 Å². The second kappa shape index (κ2) is 5.28. The van der Waals surface area contributed by atoms with Crippen LogP contribution in [-0.2, 0) is 0 Å². The minimum atomic E-state index is -1.20. The van der Waals surface area contributed by atoms with Gasteiger partial charge in [-0.15, -0.1) is 5.54 Å². The lowest BCUT2D eigenvalue weighted by Gasteiger charge is -2.01. The van der Waals surface area contributed by atoms with Crippen LogP contribution in [0, 0.1) is 29.2 Å². The Kier molecular flexibility index (Phi) is 4.30. The maximum absolute atomic E-state index is 3.26. The van der Waals surface area contributed by atoms with Crippen LogP contribution in [0.25, 0.3) is 0 Å². The third-order valence-electron chi connectivity index (χ3n) is 2.45. The van der Waals surface area contributed by atoms with Crippen molar-refractivity contribution in [3.8, 4) is 23.3 Å². The van der Waals surface area contributed by atoms with Crippen molar-refractivity contribution >= 4 is 8.07 Å². The summed E-state index contributed by atoms with van der Waals surface area (Å²) >= 11 is 0. The van der Waals surface area contributed by atoms with Crippen molar-refractivity contribution < 1.29 is 0 Å². The largest absolute Gasteiger partial charge is 0.130 e. The molecular weight excluding hydrogens is 184 g/mol. The predicted octanol–water partition coefficient (Wildman–Crippen LogP) is 3.45. The van der Waals surface area contributed by atoms with Crippen LogP contribution < -0.4 is 0 Å². The zero-order valence-corrected chi connectivity index (χ0v) is 10.6. The Labute approximate surface area is 89.5 Å². The molecule has 0 amide bonds. The van der Waals surface area contributed by atoms with Gasteiger partial charge in [-0.3, -0.25) is 0 Å². The van der Waals surface area contributed by atoms with Crippen LogP contribution in [-0.4, -0.2) is 8.07 Å². The standard InChI is InChI=1S/C13H20Si/c1-14(2,3)12-8-4-5-9-13-10-6-7-11-13/h13H,6-7,9-11H2,1-3H3. The molecule has 0 N–H and O–H groups in total. The molecule has 0 spiro atoms. The summed E-state index contributed by atoms with van der Waals surface area (Å²) in [5, 5.41) is 0. The Hall–Kier alpha value is -0.663. The van der Waals surface area contributed by atoms with Crippen molar-refractivity contribution in [1.29, 1.82) is 0 Å². The van der Waals surface area contributed by atoms with E-state index in [0.717, 1.165) is 12.3 Å². The molecule has 0 aromatic heterocycles. The van der Waals surface area contributed by atoms with Crippen LogP contribution in [0.3, 0.4) is 0 Å². The van der Waals surface area contributed by atoms with Gasteiger partial charge in [0, 0.05) is 6.42 Å². The first-order valence-corrected chi connectivity index (χ1v) is 9.08. The summed E-state index contributed by atoms with van der Waals surface area (Å²) in [6.07, 6.45) is 6.66. The first-order chi connectivity index (χ1) is 6.58. The van der Waals surface area contributed by atoms with Crippen LogP contribution in [0.2, 0.25) is 19.6 Å². The Morgan fingerprint density at radius 3 is 2.29 bits per heavy atom. The van der Waals surface area contributed by atoms with Gasteiger partial charge in [-0.2, -0.15) is 0 Å². The van der Waals surface area contributed by atoms with Crippen LogP contribution in [0.4, 0.5) is 0 Å². The van der Waals surface area contributed by atoms with Gasteiger partial charge in [-0.1, -0.05) is 38.4 Å². The summed E-state index contributed by atoms with van der Waals surface area (Å²) in [4.78, 5) is 0. The summed E-state index contributed by atoms with van der Waals surface area (Å²) in [7, 11) is -1.20. The second-order valence-electron chi connectivity index (χ2n) is 5.16. The van der Waals surface area contributed by atoms with E-state index >= 15 is 0 Å². The second-order valence-corrected chi connectivity index (χ2v) is 9.91. The van der Waals surface area contributed by atoms with E-state index in [4.69, 9.17) is 0 Å². The topological polar surface area (TPSA) is 0 Å². The van der Waals surface area contributed by atoms with Gasteiger partial charge in [0.05, 0.1) is 0 Å². The zero-order valence-electron chi connectivity index (χ0n) is 9.61. The quantitative estimate of drug-likeness (QED) is 0.453. The predicted molar refractivity (Wildman–Crippen MR) is 65.5 cm³/mol. The molecule has 0 aromatic rings. The van der Waals surface area contributed by atoms with E-state index in [9.17, 15) is 0 Å². The van der Waals surface area contributed by atoms with Gasteiger partial charge in [-0.25, -0.2) is 0 Å². The van der Waals surface area contributed by atoms with E-state index in [2.05, 4.69) is 42.9 Å². The minimum absolute atomic E-state index is 0.871. The Balaban J connectivity index is 2.28. The third kappa shape index (κ3) is 5.15. The highest BCUT2D eigenvalue weighted by atomic mass is 28.3. The summed E-state index contributed by atoms with van der Waals surface area (Å²) in [5.74, 6) is 10.1. The zero-order chi connectivity index (χ0) is 10.4. The molecule has 1 saturated carbocycles. The molecule has 0 nitrogen and oxygen atoms in total. The van der Waals surface area contributed by atoms with E-state index < -0.39 is 8.07 Å². The Bertz CT molecular complexity index is 281. The first kappa shape index (κ1) is 11.4.